The Bertz CT molecular complexity index is 637. The largest absolute Gasteiger partial charge is 0.435 e. The number of aromatic nitrogens is 3. The number of rotatable bonds is 2. The van der Waals surface area contributed by atoms with Gasteiger partial charge in [0.15, 0.2) is 17.7 Å². The Kier molecular flexibility index (Phi) is 3.32. The SMILES string of the molecule is Cc1ccc(Cl)cc1-n1nnc(C=O)c1C(F)(F)F. The average Bonchev–Trinajstić information content (AvgIpc) is 2.75. The van der Waals surface area contributed by atoms with E-state index in [1.54, 1.807) is 19.1 Å². The van der Waals surface area contributed by atoms with Crippen LogP contribution < -0.4 is 0 Å². The van der Waals surface area contributed by atoms with E-state index in [9.17, 15) is 18.0 Å². The van der Waals surface area contributed by atoms with Crippen LogP contribution in [-0.2, 0) is 6.18 Å². The molecule has 0 aliphatic rings. The third-order valence-corrected chi connectivity index (χ3v) is 2.71. The second-order valence-electron chi connectivity index (χ2n) is 3.78. The van der Waals surface area contributed by atoms with E-state index >= 15 is 0 Å². The molecule has 0 saturated carbocycles. The summed E-state index contributed by atoms with van der Waals surface area (Å²) < 4.78 is 39.4. The Morgan fingerprint density at radius 1 is 1.37 bits per heavy atom. The Hall–Kier alpha value is -1.89. The number of alkyl halides is 3. The fourth-order valence-electron chi connectivity index (χ4n) is 1.62. The molecule has 0 fully saturated rings. The molecule has 19 heavy (non-hydrogen) atoms. The van der Waals surface area contributed by atoms with Crippen molar-refractivity contribution in [1.29, 1.82) is 0 Å². The Morgan fingerprint density at radius 2 is 2.05 bits per heavy atom. The number of nitrogens with zero attached hydrogens (tertiary/aromatic N) is 3. The van der Waals surface area contributed by atoms with Crippen LogP contribution in [0.2, 0.25) is 5.02 Å². The molecule has 1 heterocycles. The molecule has 0 amide bonds. The Labute approximate surface area is 110 Å². The predicted octanol–water partition coefficient (Wildman–Crippen LogP) is 3.06. The summed E-state index contributed by atoms with van der Waals surface area (Å²) >= 11 is 5.76. The molecule has 0 bridgehead atoms. The monoisotopic (exact) mass is 289 g/mol. The maximum atomic E-state index is 13.0. The molecular weight excluding hydrogens is 283 g/mol. The Balaban J connectivity index is 2.73. The van der Waals surface area contributed by atoms with Crippen molar-refractivity contribution in [3.05, 3.63) is 40.2 Å². The fourth-order valence-corrected chi connectivity index (χ4v) is 1.78. The number of halogens is 4. The molecule has 0 aliphatic heterocycles. The van der Waals surface area contributed by atoms with E-state index in [1.807, 2.05) is 0 Å². The topological polar surface area (TPSA) is 47.8 Å². The molecule has 2 aromatic rings. The van der Waals surface area contributed by atoms with Gasteiger partial charge in [0, 0.05) is 5.02 Å². The number of benzene rings is 1. The van der Waals surface area contributed by atoms with E-state index in [-0.39, 0.29) is 17.0 Å². The third-order valence-electron chi connectivity index (χ3n) is 2.48. The van der Waals surface area contributed by atoms with Gasteiger partial charge in [-0.3, -0.25) is 4.79 Å². The first kappa shape index (κ1) is 13.5. The van der Waals surface area contributed by atoms with Gasteiger partial charge in [0.1, 0.15) is 0 Å². The van der Waals surface area contributed by atoms with Gasteiger partial charge >= 0.3 is 6.18 Å². The molecule has 0 unspecified atom stereocenters. The summed E-state index contributed by atoms with van der Waals surface area (Å²) in [7, 11) is 0. The lowest BCUT2D eigenvalue weighted by Crippen LogP contribution is -2.16. The van der Waals surface area contributed by atoms with Crippen molar-refractivity contribution in [1.82, 2.24) is 15.0 Å². The summed E-state index contributed by atoms with van der Waals surface area (Å²) in [4.78, 5) is 10.6. The van der Waals surface area contributed by atoms with Crippen molar-refractivity contribution < 1.29 is 18.0 Å². The molecule has 0 aliphatic carbocycles. The van der Waals surface area contributed by atoms with E-state index in [4.69, 9.17) is 11.6 Å². The number of hydrogen-bond donors (Lipinski definition) is 0. The molecule has 0 spiro atoms. The lowest BCUT2D eigenvalue weighted by molar-refractivity contribution is -0.143. The number of carbonyl (C=O) groups is 1. The summed E-state index contributed by atoms with van der Waals surface area (Å²) in [5.41, 5.74) is -1.32. The van der Waals surface area contributed by atoms with Gasteiger partial charge in [-0.25, -0.2) is 4.68 Å². The smallest absolute Gasteiger partial charge is 0.296 e. The van der Waals surface area contributed by atoms with Crippen LogP contribution in [0, 0.1) is 6.92 Å². The van der Waals surface area contributed by atoms with E-state index in [1.165, 1.54) is 6.07 Å². The van der Waals surface area contributed by atoms with Gasteiger partial charge in [0.2, 0.25) is 0 Å². The van der Waals surface area contributed by atoms with Crippen LogP contribution in [0.25, 0.3) is 5.69 Å². The second kappa shape index (κ2) is 4.65. The van der Waals surface area contributed by atoms with Crippen LogP contribution in [0.5, 0.6) is 0 Å². The van der Waals surface area contributed by atoms with E-state index in [2.05, 4.69) is 10.3 Å². The van der Waals surface area contributed by atoms with Gasteiger partial charge in [-0.1, -0.05) is 22.9 Å². The molecule has 1 aromatic carbocycles. The fraction of sp³-hybridized carbons (Fsp3) is 0.182. The van der Waals surface area contributed by atoms with Crippen LogP contribution in [0.3, 0.4) is 0 Å². The summed E-state index contributed by atoms with van der Waals surface area (Å²) in [6.45, 7) is 1.61. The molecule has 0 radical (unpaired) electrons. The zero-order valence-electron chi connectivity index (χ0n) is 9.57. The maximum absolute atomic E-state index is 13.0. The van der Waals surface area contributed by atoms with Crippen molar-refractivity contribution >= 4 is 17.9 Å². The van der Waals surface area contributed by atoms with Gasteiger partial charge in [0.25, 0.3) is 0 Å². The van der Waals surface area contributed by atoms with Crippen LogP contribution in [0.1, 0.15) is 21.7 Å². The first-order valence-electron chi connectivity index (χ1n) is 5.09. The molecule has 1 aromatic heterocycles. The first-order valence-corrected chi connectivity index (χ1v) is 5.47. The number of carbonyl (C=O) groups excluding carboxylic acids is 1. The minimum Gasteiger partial charge on any atom is -0.296 e. The summed E-state index contributed by atoms with van der Waals surface area (Å²) in [6.07, 6.45) is -4.72. The van der Waals surface area contributed by atoms with Crippen molar-refractivity contribution in [2.24, 2.45) is 0 Å². The highest BCUT2D eigenvalue weighted by atomic mass is 35.5. The van der Waals surface area contributed by atoms with E-state index in [0.717, 1.165) is 0 Å². The summed E-state index contributed by atoms with van der Waals surface area (Å²) in [5.74, 6) is 0. The quantitative estimate of drug-likeness (QED) is 0.798. The van der Waals surface area contributed by atoms with Crippen LogP contribution in [0.15, 0.2) is 18.2 Å². The normalized spacial score (nSPS) is 11.6. The zero-order valence-corrected chi connectivity index (χ0v) is 10.3. The highest BCUT2D eigenvalue weighted by molar-refractivity contribution is 6.30. The van der Waals surface area contributed by atoms with E-state index < -0.39 is 17.6 Å². The van der Waals surface area contributed by atoms with Crippen LogP contribution in [-0.4, -0.2) is 21.3 Å². The highest BCUT2D eigenvalue weighted by Gasteiger charge is 2.40. The minimum absolute atomic E-state index is 0.0200. The minimum atomic E-state index is -4.74. The van der Waals surface area contributed by atoms with Gasteiger partial charge in [0.05, 0.1) is 5.69 Å². The van der Waals surface area contributed by atoms with Crippen molar-refractivity contribution in [2.75, 3.05) is 0 Å². The highest BCUT2D eigenvalue weighted by Crippen LogP contribution is 2.33. The average molecular weight is 290 g/mol. The van der Waals surface area contributed by atoms with Gasteiger partial charge in [-0.05, 0) is 24.6 Å². The number of aryl methyl sites for hydroxylation is 1. The van der Waals surface area contributed by atoms with Gasteiger partial charge in [-0.2, -0.15) is 13.2 Å². The molecule has 8 heteroatoms. The molecule has 0 atom stereocenters. The van der Waals surface area contributed by atoms with E-state index in [0.29, 0.717) is 10.2 Å². The molecular formula is C11H7ClF3N3O. The Morgan fingerprint density at radius 3 is 2.63 bits per heavy atom. The predicted molar refractivity (Wildman–Crippen MR) is 61.5 cm³/mol. The molecule has 100 valence electrons. The van der Waals surface area contributed by atoms with Gasteiger partial charge < -0.3 is 0 Å². The number of hydrogen-bond acceptors (Lipinski definition) is 3. The third kappa shape index (κ3) is 2.46. The maximum Gasteiger partial charge on any atom is 0.435 e. The summed E-state index contributed by atoms with van der Waals surface area (Å²) in [5, 5.41) is 6.87. The second-order valence-corrected chi connectivity index (χ2v) is 4.22. The van der Waals surface area contributed by atoms with Gasteiger partial charge in [-0.15, -0.1) is 5.10 Å². The van der Waals surface area contributed by atoms with Crippen LogP contribution in [0.4, 0.5) is 13.2 Å². The van der Waals surface area contributed by atoms with Crippen molar-refractivity contribution in [3.8, 4) is 5.69 Å². The number of aldehydes is 1. The standard InChI is InChI=1S/C11H7ClF3N3O/c1-6-2-3-7(12)4-9(6)18-10(11(13,14)15)8(5-19)16-17-18/h2-5H,1H3. The molecule has 4 nitrogen and oxygen atoms in total. The van der Waals surface area contributed by atoms with Crippen molar-refractivity contribution in [3.63, 3.8) is 0 Å². The van der Waals surface area contributed by atoms with Crippen LogP contribution >= 0.6 is 11.6 Å². The summed E-state index contributed by atoms with van der Waals surface area (Å²) in [6, 6.07) is 4.43. The molecule has 0 N–H and O–H groups in total. The lowest BCUT2D eigenvalue weighted by atomic mass is 10.2. The first-order chi connectivity index (χ1) is 8.84. The lowest BCUT2D eigenvalue weighted by Gasteiger charge is -2.12. The zero-order chi connectivity index (χ0) is 14.2. The molecule has 2 rings (SSSR count). The molecule has 0 saturated heterocycles. The van der Waals surface area contributed by atoms with Crippen molar-refractivity contribution in [2.45, 2.75) is 13.1 Å².